The van der Waals surface area contributed by atoms with Gasteiger partial charge in [-0.15, -0.1) is 0 Å². The van der Waals surface area contributed by atoms with Crippen molar-refractivity contribution in [3.05, 3.63) is 52.3 Å². The van der Waals surface area contributed by atoms with E-state index in [1.807, 2.05) is 44.1 Å². The summed E-state index contributed by atoms with van der Waals surface area (Å²) in [6.07, 6.45) is 1.79. The first-order valence-electron chi connectivity index (χ1n) is 7.45. The molecular formula is C18H22ClN3O2. The lowest BCUT2D eigenvalue weighted by atomic mass is 9.99. The highest BCUT2D eigenvalue weighted by atomic mass is 35.5. The van der Waals surface area contributed by atoms with Crippen molar-refractivity contribution in [3.8, 4) is 6.07 Å². The zero-order valence-corrected chi connectivity index (χ0v) is 15.4. The van der Waals surface area contributed by atoms with Gasteiger partial charge in [0, 0.05) is 38.8 Å². The monoisotopic (exact) mass is 347 g/mol. The van der Waals surface area contributed by atoms with Gasteiger partial charge in [-0.25, -0.2) is 4.79 Å². The van der Waals surface area contributed by atoms with E-state index in [2.05, 4.69) is 0 Å². The minimum atomic E-state index is -0.641. The highest BCUT2D eigenvalue weighted by Crippen LogP contribution is 2.25. The summed E-state index contributed by atoms with van der Waals surface area (Å²) < 4.78 is 5.02. The molecule has 5 nitrogen and oxygen atoms in total. The van der Waals surface area contributed by atoms with Gasteiger partial charge in [0.15, 0.2) is 0 Å². The van der Waals surface area contributed by atoms with Gasteiger partial charge in [-0.2, -0.15) is 5.26 Å². The van der Waals surface area contributed by atoms with Gasteiger partial charge in [-0.1, -0.05) is 23.7 Å². The molecule has 0 saturated heterocycles. The molecule has 0 N–H and O–H groups in total. The number of esters is 1. The van der Waals surface area contributed by atoms with Gasteiger partial charge in [-0.3, -0.25) is 0 Å². The van der Waals surface area contributed by atoms with E-state index in [1.165, 1.54) is 0 Å². The summed E-state index contributed by atoms with van der Waals surface area (Å²) in [6.45, 7) is 1.91. The van der Waals surface area contributed by atoms with Crippen molar-refractivity contribution in [1.29, 1.82) is 5.26 Å². The fraction of sp³-hybridized carbons (Fsp3) is 0.333. The van der Waals surface area contributed by atoms with Crippen LogP contribution >= 0.6 is 11.6 Å². The lowest BCUT2D eigenvalue weighted by Gasteiger charge is -2.25. The molecule has 0 bridgehead atoms. The van der Waals surface area contributed by atoms with Crippen molar-refractivity contribution in [1.82, 2.24) is 9.80 Å². The molecule has 1 aromatic carbocycles. The predicted octanol–water partition coefficient (Wildman–Crippen LogP) is 3.14. The second-order valence-corrected chi connectivity index (χ2v) is 5.86. The van der Waals surface area contributed by atoms with Crippen LogP contribution in [0.2, 0.25) is 5.02 Å². The average Bonchev–Trinajstić information content (AvgIpc) is 2.51. The fourth-order valence-electron chi connectivity index (χ4n) is 2.14. The molecule has 0 aromatic heterocycles. The third kappa shape index (κ3) is 5.04. The molecule has 1 aromatic rings. The Morgan fingerprint density at radius 1 is 1.21 bits per heavy atom. The Balaban J connectivity index is 3.63. The molecule has 0 aliphatic carbocycles. The van der Waals surface area contributed by atoms with Crippen molar-refractivity contribution in [3.63, 3.8) is 0 Å². The van der Waals surface area contributed by atoms with Crippen LogP contribution in [-0.2, 0) is 9.53 Å². The Hall–Kier alpha value is -2.45. The van der Waals surface area contributed by atoms with Crippen LogP contribution in [-0.4, -0.2) is 50.6 Å². The summed E-state index contributed by atoms with van der Waals surface area (Å²) in [5.74, 6) is 0.190. The predicted molar refractivity (Wildman–Crippen MR) is 96.1 cm³/mol. The second kappa shape index (κ2) is 8.99. The van der Waals surface area contributed by atoms with Gasteiger partial charge in [0.25, 0.3) is 0 Å². The van der Waals surface area contributed by atoms with E-state index < -0.39 is 5.97 Å². The number of hydrogen-bond donors (Lipinski definition) is 0. The third-order valence-corrected chi connectivity index (χ3v) is 3.46. The van der Waals surface area contributed by atoms with Crippen LogP contribution in [0.25, 0.3) is 5.57 Å². The van der Waals surface area contributed by atoms with Crippen LogP contribution in [0.3, 0.4) is 0 Å². The Morgan fingerprint density at radius 3 is 2.17 bits per heavy atom. The molecule has 0 atom stereocenters. The van der Waals surface area contributed by atoms with E-state index >= 15 is 0 Å². The molecule has 0 fully saturated rings. The van der Waals surface area contributed by atoms with Crippen molar-refractivity contribution in [2.75, 3.05) is 34.8 Å². The Labute approximate surface area is 148 Å². The quantitative estimate of drug-likeness (QED) is 0.342. The van der Waals surface area contributed by atoms with E-state index in [0.717, 1.165) is 5.82 Å². The minimum Gasteiger partial charge on any atom is -0.462 e. The van der Waals surface area contributed by atoms with Gasteiger partial charge < -0.3 is 14.5 Å². The Kier molecular flexibility index (Phi) is 7.34. The van der Waals surface area contributed by atoms with Gasteiger partial charge in [-0.05, 0) is 30.7 Å². The summed E-state index contributed by atoms with van der Waals surface area (Å²) in [4.78, 5) is 16.0. The van der Waals surface area contributed by atoms with Crippen molar-refractivity contribution in [2.24, 2.45) is 0 Å². The SMILES string of the molecule is CCOC(=O)/C(C#N)=C(\C=C(N(C)C)N(C)C)c1ccc(Cl)cc1. The summed E-state index contributed by atoms with van der Waals surface area (Å²) in [5.41, 5.74) is 1.16. The number of hydrogen-bond acceptors (Lipinski definition) is 5. The molecule has 0 aliphatic rings. The van der Waals surface area contributed by atoms with Crippen LogP contribution in [0.4, 0.5) is 0 Å². The van der Waals surface area contributed by atoms with E-state index in [0.29, 0.717) is 16.2 Å². The number of nitriles is 1. The summed E-state index contributed by atoms with van der Waals surface area (Å²) in [6, 6.07) is 8.95. The lowest BCUT2D eigenvalue weighted by Crippen LogP contribution is -2.25. The first-order valence-corrected chi connectivity index (χ1v) is 7.83. The third-order valence-electron chi connectivity index (χ3n) is 3.21. The van der Waals surface area contributed by atoms with Crippen LogP contribution in [0.5, 0.6) is 0 Å². The van der Waals surface area contributed by atoms with Crippen LogP contribution in [0.1, 0.15) is 12.5 Å². The first kappa shape index (κ1) is 19.6. The molecular weight excluding hydrogens is 326 g/mol. The number of carbonyl (C=O) groups is 1. The van der Waals surface area contributed by atoms with Crippen LogP contribution in [0.15, 0.2) is 41.7 Å². The van der Waals surface area contributed by atoms with E-state index in [4.69, 9.17) is 16.3 Å². The van der Waals surface area contributed by atoms with Crippen molar-refractivity contribution >= 4 is 23.1 Å². The Bertz CT molecular complexity index is 673. The normalized spacial score (nSPS) is 11.0. The number of rotatable bonds is 6. The molecule has 0 saturated carbocycles. The standard InChI is InChI=1S/C18H22ClN3O2/c1-6-24-18(23)16(12-20)15(11-17(21(2)3)22(4)5)13-7-9-14(19)10-8-13/h7-11H,6H2,1-5H3/b16-15+. The van der Waals surface area contributed by atoms with Gasteiger partial charge in [0.2, 0.25) is 0 Å². The Morgan fingerprint density at radius 2 is 1.75 bits per heavy atom. The summed E-state index contributed by atoms with van der Waals surface area (Å²) in [7, 11) is 7.56. The fourth-order valence-corrected chi connectivity index (χ4v) is 2.26. The van der Waals surface area contributed by atoms with Crippen molar-refractivity contribution in [2.45, 2.75) is 6.92 Å². The molecule has 0 heterocycles. The first-order chi connectivity index (χ1) is 11.3. The number of nitrogens with zero attached hydrogens (tertiary/aromatic N) is 3. The maximum Gasteiger partial charge on any atom is 0.349 e. The number of benzene rings is 1. The van der Waals surface area contributed by atoms with E-state index in [1.54, 1.807) is 37.3 Å². The molecule has 24 heavy (non-hydrogen) atoms. The van der Waals surface area contributed by atoms with Gasteiger partial charge >= 0.3 is 5.97 Å². The zero-order chi connectivity index (χ0) is 18.3. The second-order valence-electron chi connectivity index (χ2n) is 5.42. The summed E-state index contributed by atoms with van der Waals surface area (Å²) in [5, 5.41) is 10.1. The maximum absolute atomic E-state index is 12.2. The molecule has 0 unspecified atom stereocenters. The average molecular weight is 348 g/mol. The smallest absolute Gasteiger partial charge is 0.349 e. The molecule has 0 aliphatic heterocycles. The van der Waals surface area contributed by atoms with Crippen molar-refractivity contribution < 1.29 is 9.53 Å². The molecule has 128 valence electrons. The number of carbonyl (C=O) groups excluding carboxylic acids is 1. The lowest BCUT2D eigenvalue weighted by molar-refractivity contribution is -0.137. The highest BCUT2D eigenvalue weighted by molar-refractivity contribution is 6.30. The largest absolute Gasteiger partial charge is 0.462 e. The topological polar surface area (TPSA) is 56.6 Å². The number of allylic oxidation sites excluding steroid dienone is 2. The number of halogens is 1. The number of ether oxygens (including phenoxy) is 1. The molecule has 0 amide bonds. The molecule has 0 radical (unpaired) electrons. The molecule has 1 rings (SSSR count). The van der Waals surface area contributed by atoms with E-state index in [-0.39, 0.29) is 12.2 Å². The molecule has 0 spiro atoms. The molecule has 6 heteroatoms. The maximum atomic E-state index is 12.2. The van der Waals surface area contributed by atoms with Crippen LogP contribution in [0, 0.1) is 11.3 Å². The highest BCUT2D eigenvalue weighted by Gasteiger charge is 2.18. The van der Waals surface area contributed by atoms with Crippen LogP contribution < -0.4 is 0 Å². The summed E-state index contributed by atoms with van der Waals surface area (Å²) >= 11 is 5.94. The zero-order valence-electron chi connectivity index (χ0n) is 14.6. The van der Waals surface area contributed by atoms with Gasteiger partial charge in [0.05, 0.1) is 6.61 Å². The van der Waals surface area contributed by atoms with E-state index in [9.17, 15) is 10.1 Å². The van der Waals surface area contributed by atoms with Gasteiger partial charge in [0.1, 0.15) is 17.5 Å². The minimum absolute atomic E-state index is 0.0413.